The fourth-order valence-corrected chi connectivity index (χ4v) is 3.42. The van der Waals surface area contributed by atoms with E-state index in [0.29, 0.717) is 17.8 Å². The predicted molar refractivity (Wildman–Crippen MR) is 128 cm³/mol. The molecule has 33 heavy (non-hydrogen) atoms. The van der Waals surface area contributed by atoms with E-state index in [4.69, 9.17) is 0 Å². The number of non-ortho nitro benzene ring substituents is 1. The van der Waals surface area contributed by atoms with Gasteiger partial charge in [-0.1, -0.05) is 42.5 Å². The maximum Gasteiger partial charge on any atom is 0.269 e. The number of amides is 2. The van der Waals surface area contributed by atoms with Gasteiger partial charge in [0.15, 0.2) is 0 Å². The second kappa shape index (κ2) is 10.9. The van der Waals surface area contributed by atoms with Gasteiger partial charge in [-0.05, 0) is 54.0 Å². The summed E-state index contributed by atoms with van der Waals surface area (Å²) < 4.78 is 0. The third kappa shape index (κ3) is 6.61. The number of nitrogens with zero attached hydrogens (tertiary/aromatic N) is 2. The maximum atomic E-state index is 13.2. The van der Waals surface area contributed by atoms with E-state index in [1.807, 2.05) is 55.5 Å². The molecule has 0 fully saturated rings. The van der Waals surface area contributed by atoms with Crippen molar-refractivity contribution in [3.8, 4) is 0 Å². The molecule has 7 heteroatoms. The summed E-state index contributed by atoms with van der Waals surface area (Å²) in [7, 11) is 0. The lowest BCUT2D eigenvalue weighted by Gasteiger charge is -2.29. The zero-order valence-corrected chi connectivity index (χ0v) is 18.5. The van der Waals surface area contributed by atoms with Crippen molar-refractivity contribution in [1.82, 2.24) is 4.90 Å². The fourth-order valence-electron chi connectivity index (χ4n) is 3.42. The van der Waals surface area contributed by atoms with Gasteiger partial charge in [0.25, 0.3) is 5.69 Å². The number of nitro benzene ring substituents is 1. The van der Waals surface area contributed by atoms with Crippen molar-refractivity contribution in [3.63, 3.8) is 0 Å². The van der Waals surface area contributed by atoms with Gasteiger partial charge in [0, 0.05) is 37.4 Å². The Bertz CT molecular complexity index is 1160. The molecule has 0 saturated carbocycles. The normalized spacial score (nSPS) is 11.7. The second-order valence-corrected chi connectivity index (χ2v) is 7.62. The fraction of sp³-hybridized carbons (Fsp3) is 0.154. The van der Waals surface area contributed by atoms with Gasteiger partial charge >= 0.3 is 0 Å². The summed E-state index contributed by atoms with van der Waals surface area (Å²) in [5.74, 6) is -0.363. The minimum absolute atomic E-state index is 0.00291. The molecule has 0 heterocycles. The van der Waals surface area contributed by atoms with Crippen LogP contribution in [0.5, 0.6) is 0 Å². The van der Waals surface area contributed by atoms with Crippen molar-refractivity contribution < 1.29 is 14.5 Å². The van der Waals surface area contributed by atoms with Gasteiger partial charge < -0.3 is 10.2 Å². The number of benzene rings is 3. The van der Waals surface area contributed by atoms with Crippen LogP contribution in [0.3, 0.4) is 0 Å². The molecule has 1 N–H and O–H groups in total. The maximum absolute atomic E-state index is 13.2. The number of hydrogen-bond acceptors (Lipinski definition) is 4. The van der Waals surface area contributed by atoms with Crippen LogP contribution in [0.2, 0.25) is 0 Å². The van der Waals surface area contributed by atoms with Gasteiger partial charge in [0.1, 0.15) is 0 Å². The highest BCUT2D eigenvalue weighted by Gasteiger charge is 2.20. The van der Waals surface area contributed by atoms with Crippen molar-refractivity contribution in [2.45, 2.75) is 26.4 Å². The molecule has 0 radical (unpaired) electrons. The van der Waals surface area contributed by atoms with E-state index in [2.05, 4.69) is 5.32 Å². The molecule has 0 aromatic heterocycles. The summed E-state index contributed by atoms with van der Waals surface area (Å²) in [6.07, 6.45) is 3.11. The van der Waals surface area contributed by atoms with E-state index in [-0.39, 0.29) is 23.5 Å². The molecule has 7 nitrogen and oxygen atoms in total. The van der Waals surface area contributed by atoms with E-state index >= 15 is 0 Å². The molecule has 3 aromatic rings. The Labute approximate surface area is 192 Å². The Morgan fingerprint density at radius 1 is 1.03 bits per heavy atom. The van der Waals surface area contributed by atoms with E-state index < -0.39 is 4.92 Å². The van der Waals surface area contributed by atoms with Crippen LogP contribution in [-0.4, -0.2) is 21.6 Å². The molecule has 0 aliphatic rings. The lowest BCUT2D eigenvalue weighted by Crippen LogP contribution is -2.31. The number of carbonyl (C=O) groups is 2. The molecule has 0 bridgehead atoms. The summed E-state index contributed by atoms with van der Waals surface area (Å²) in [6, 6.07) is 22.8. The number of hydrogen-bond donors (Lipinski definition) is 1. The quantitative estimate of drug-likeness (QED) is 0.288. The van der Waals surface area contributed by atoms with Crippen molar-refractivity contribution in [2.24, 2.45) is 0 Å². The first-order valence-electron chi connectivity index (χ1n) is 10.5. The number of nitro groups is 1. The molecular formula is C26H25N3O4. The molecule has 0 saturated heterocycles. The first-order chi connectivity index (χ1) is 15.8. The molecular weight excluding hydrogens is 418 g/mol. The molecule has 3 aromatic carbocycles. The van der Waals surface area contributed by atoms with Crippen LogP contribution in [-0.2, 0) is 16.1 Å². The number of anilines is 1. The SMILES string of the molecule is CC(=O)Nc1cccc(C(C)N(Cc2ccccc2)C(=O)/C=C/c2ccc([N+](=O)[O-])cc2)c1. The van der Waals surface area contributed by atoms with Crippen LogP contribution in [0.1, 0.15) is 36.6 Å². The summed E-state index contributed by atoms with van der Waals surface area (Å²) >= 11 is 0. The van der Waals surface area contributed by atoms with E-state index in [0.717, 1.165) is 11.1 Å². The molecule has 1 atom stereocenters. The molecule has 0 aliphatic carbocycles. The molecule has 168 valence electrons. The zero-order valence-electron chi connectivity index (χ0n) is 18.5. The van der Waals surface area contributed by atoms with Crippen molar-refractivity contribution in [2.75, 3.05) is 5.32 Å². The second-order valence-electron chi connectivity index (χ2n) is 7.62. The average molecular weight is 444 g/mol. The van der Waals surface area contributed by atoms with Gasteiger partial charge in [-0.3, -0.25) is 19.7 Å². The Morgan fingerprint density at radius 3 is 2.36 bits per heavy atom. The van der Waals surface area contributed by atoms with Gasteiger partial charge in [0.2, 0.25) is 11.8 Å². The Kier molecular flexibility index (Phi) is 7.70. The van der Waals surface area contributed by atoms with Crippen molar-refractivity contribution in [3.05, 3.63) is 112 Å². The Balaban J connectivity index is 1.86. The largest absolute Gasteiger partial charge is 0.328 e. The average Bonchev–Trinajstić information content (AvgIpc) is 2.81. The summed E-state index contributed by atoms with van der Waals surface area (Å²) in [6.45, 7) is 3.79. The van der Waals surface area contributed by atoms with Gasteiger partial charge in [-0.15, -0.1) is 0 Å². The number of nitrogens with one attached hydrogen (secondary N) is 1. The smallest absolute Gasteiger partial charge is 0.269 e. The first kappa shape index (κ1) is 23.4. The van der Waals surface area contributed by atoms with Crippen LogP contribution in [0, 0.1) is 10.1 Å². The highest BCUT2D eigenvalue weighted by atomic mass is 16.6. The highest BCUT2D eigenvalue weighted by Crippen LogP contribution is 2.25. The van der Waals surface area contributed by atoms with E-state index in [1.165, 1.54) is 25.1 Å². The zero-order chi connectivity index (χ0) is 23.8. The van der Waals surface area contributed by atoms with E-state index in [9.17, 15) is 19.7 Å². The predicted octanol–water partition coefficient (Wildman–Crippen LogP) is 5.36. The summed E-state index contributed by atoms with van der Waals surface area (Å²) in [4.78, 5) is 36.8. The van der Waals surface area contributed by atoms with Crippen LogP contribution in [0.25, 0.3) is 6.08 Å². The lowest BCUT2D eigenvalue weighted by atomic mass is 10.0. The molecule has 0 spiro atoms. The minimum atomic E-state index is -0.461. The van der Waals surface area contributed by atoms with Gasteiger partial charge in [-0.25, -0.2) is 0 Å². The topological polar surface area (TPSA) is 92.6 Å². The molecule has 0 aliphatic heterocycles. The molecule has 3 rings (SSSR count). The Morgan fingerprint density at radius 2 is 1.73 bits per heavy atom. The molecule has 1 unspecified atom stereocenters. The van der Waals surface area contributed by atoms with Gasteiger partial charge in [0.05, 0.1) is 11.0 Å². The summed E-state index contributed by atoms with van der Waals surface area (Å²) in [5, 5.41) is 13.6. The minimum Gasteiger partial charge on any atom is -0.328 e. The van der Waals surface area contributed by atoms with Crippen LogP contribution < -0.4 is 5.32 Å². The lowest BCUT2D eigenvalue weighted by molar-refractivity contribution is -0.384. The van der Waals surface area contributed by atoms with Crippen LogP contribution in [0.15, 0.2) is 84.9 Å². The summed E-state index contributed by atoms with van der Waals surface area (Å²) in [5.41, 5.74) is 3.22. The van der Waals surface area contributed by atoms with Crippen LogP contribution in [0.4, 0.5) is 11.4 Å². The van der Waals surface area contributed by atoms with E-state index in [1.54, 1.807) is 29.2 Å². The van der Waals surface area contributed by atoms with Crippen molar-refractivity contribution in [1.29, 1.82) is 0 Å². The standard InChI is InChI=1S/C26H25N3O4/c1-19(23-9-6-10-24(17-23)27-20(2)30)28(18-22-7-4-3-5-8-22)26(31)16-13-21-11-14-25(15-12-21)29(32)33/h3-17,19H,18H2,1-2H3,(H,27,30)/b16-13+. The number of rotatable bonds is 8. The third-order valence-corrected chi connectivity index (χ3v) is 5.16. The number of carbonyl (C=O) groups excluding carboxylic acids is 2. The highest BCUT2D eigenvalue weighted by molar-refractivity contribution is 5.92. The molecule has 2 amide bonds. The van der Waals surface area contributed by atoms with Crippen molar-refractivity contribution >= 4 is 29.3 Å². The Hall–Kier alpha value is -4.26. The monoisotopic (exact) mass is 443 g/mol. The van der Waals surface area contributed by atoms with Crippen LogP contribution >= 0.6 is 0 Å². The first-order valence-corrected chi connectivity index (χ1v) is 10.5. The third-order valence-electron chi connectivity index (χ3n) is 5.16. The van der Waals surface area contributed by atoms with Gasteiger partial charge in [-0.2, -0.15) is 0 Å².